The van der Waals surface area contributed by atoms with Crippen LogP contribution < -0.4 is 15.1 Å². The lowest BCUT2D eigenvalue weighted by atomic mass is 10.2. The van der Waals surface area contributed by atoms with Gasteiger partial charge in [0.2, 0.25) is 5.95 Å². The van der Waals surface area contributed by atoms with E-state index in [0.29, 0.717) is 29.4 Å². The lowest BCUT2D eigenvalue weighted by Crippen LogP contribution is -2.50. The minimum atomic E-state index is -0.0552. The number of anilines is 1. The standard InChI is InChI=1S/C21H24N4O3/c1-16(24-9-11-25(12-10-24)21-22-7-2-8-23-21)5-13-27-17-3-4-20-18(15-17)19(26)6-14-28-20/h2-4,6-8,14-16H,5,9-13H2,1H3. The van der Waals surface area contributed by atoms with Crippen molar-refractivity contribution in [2.75, 3.05) is 37.7 Å². The van der Waals surface area contributed by atoms with E-state index in [1.807, 2.05) is 12.1 Å². The summed E-state index contributed by atoms with van der Waals surface area (Å²) in [5.41, 5.74) is 0.522. The van der Waals surface area contributed by atoms with Crippen molar-refractivity contribution in [1.82, 2.24) is 14.9 Å². The van der Waals surface area contributed by atoms with E-state index in [2.05, 4.69) is 26.7 Å². The van der Waals surface area contributed by atoms with Crippen LogP contribution in [-0.2, 0) is 0 Å². The van der Waals surface area contributed by atoms with E-state index < -0.39 is 0 Å². The molecule has 3 aromatic rings. The lowest BCUT2D eigenvalue weighted by Gasteiger charge is -2.38. The van der Waals surface area contributed by atoms with Gasteiger partial charge in [-0.25, -0.2) is 9.97 Å². The number of ether oxygens (including phenoxy) is 1. The number of hydrogen-bond acceptors (Lipinski definition) is 7. The van der Waals surface area contributed by atoms with Crippen molar-refractivity contribution < 1.29 is 9.15 Å². The van der Waals surface area contributed by atoms with E-state index in [1.165, 1.54) is 12.3 Å². The molecule has 1 fully saturated rings. The zero-order valence-corrected chi connectivity index (χ0v) is 16.0. The topological polar surface area (TPSA) is 71.7 Å². The summed E-state index contributed by atoms with van der Waals surface area (Å²) in [5, 5.41) is 0.548. The molecule has 0 N–H and O–H groups in total. The van der Waals surface area contributed by atoms with Crippen LogP contribution in [0.2, 0.25) is 0 Å². The molecule has 1 aromatic carbocycles. The van der Waals surface area contributed by atoms with E-state index >= 15 is 0 Å². The molecule has 0 saturated carbocycles. The molecule has 4 rings (SSSR count). The molecule has 146 valence electrons. The summed E-state index contributed by atoms with van der Waals surface area (Å²) in [5.74, 6) is 1.50. The molecule has 1 aliphatic heterocycles. The molecule has 1 atom stereocenters. The molecule has 7 heteroatoms. The normalized spacial score (nSPS) is 16.2. The SMILES string of the molecule is CC(CCOc1ccc2occc(=O)c2c1)N1CCN(c2ncccn2)CC1. The first-order valence-electron chi connectivity index (χ1n) is 9.61. The highest BCUT2D eigenvalue weighted by molar-refractivity contribution is 5.77. The first kappa shape index (κ1) is 18.4. The molecule has 2 aromatic heterocycles. The molecule has 3 heterocycles. The lowest BCUT2D eigenvalue weighted by molar-refractivity contribution is 0.165. The number of nitrogens with zero attached hydrogens (tertiary/aromatic N) is 4. The summed E-state index contributed by atoms with van der Waals surface area (Å²) in [6.07, 6.45) is 5.90. The van der Waals surface area contributed by atoms with Crippen molar-refractivity contribution in [2.45, 2.75) is 19.4 Å². The Hall–Kier alpha value is -2.93. The molecule has 0 amide bonds. The maximum Gasteiger partial charge on any atom is 0.225 e. The molecule has 28 heavy (non-hydrogen) atoms. The van der Waals surface area contributed by atoms with Crippen LogP contribution >= 0.6 is 0 Å². The molecule has 0 aliphatic carbocycles. The third-order valence-corrected chi connectivity index (χ3v) is 5.21. The molecule has 1 saturated heterocycles. The van der Waals surface area contributed by atoms with Crippen LogP contribution in [0.3, 0.4) is 0 Å². The van der Waals surface area contributed by atoms with Crippen LogP contribution in [0.15, 0.2) is 58.2 Å². The number of hydrogen-bond donors (Lipinski definition) is 0. The summed E-state index contributed by atoms with van der Waals surface area (Å²) in [7, 11) is 0. The minimum Gasteiger partial charge on any atom is -0.494 e. The number of piperazine rings is 1. The van der Waals surface area contributed by atoms with Crippen molar-refractivity contribution >= 4 is 16.9 Å². The fraction of sp³-hybridized carbons (Fsp3) is 0.381. The van der Waals surface area contributed by atoms with Gasteiger partial charge in [0.05, 0.1) is 18.3 Å². The monoisotopic (exact) mass is 380 g/mol. The molecule has 0 bridgehead atoms. The van der Waals surface area contributed by atoms with Gasteiger partial charge >= 0.3 is 0 Å². The molecule has 1 aliphatic rings. The van der Waals surface area contributed by atoms with Gasteiger partial charge in [-0.05, 0) is 37.6 Å². The molecule has 7 nitrogen and oxygen atoms in total. The van der Waals surface area contributed by atoms with Gasteiger partial charge in [0.1, 0.15) is 11.3 Å². The molecule has 0 radical (unpaired) electrons. The Bertz CT molecular complexity index is 968. The van der Waals surface area contributed by atoms with Gasteiger partial charge < -0.3 is 14.1 Å². The van der Waals surface area contributed by atoms with Crippen LogP contribution in [0.1, 0.15) is 13.3 Å². The Morgan fingerprint density at radius 3 is 2.71 bits per heavy atom. The van der Waals surface area contributed by atoms with Gasteiger partial charge in [-0.15, -0.1) is 0 Å². The van der Waals surface area contributed by atoms with Gasteiger partial charge in [-0.3, -0.25) is 9.69 Å². The predicted molar refractivity (Wildman–Crippen MR) is 108 cm³/mol. The Labute approximate surface area is 163 Å². The highest BCUT2D eigenvalue weighted by atomic mass is 16.5. The van der Waals surface area contributed by atoms with E-state index in [0.717, 1.165) is 38.5 Å². The third kappa shape index (κ3) is 4.14. The maximum absolute atomic E-state index is 11.9. The Balaban J connectivity index is 1.27. The van der Waals surface area contributed by atoms with Crippen LogP contribution in [0, 0.1) is 0 Å². The zero-order valence-electron chi connectivity index (χ0n) is 16.0. The minimum absolute atomic E-state index is 0.0552. The summed E-state index contributed by atoms with van der Waals surface area (Å²) in [6.45, 7) is 6.65. The largest absolute Gasteiger partial charge is 0.494 e. The van der Waals surface area contributed by atoms with Gasteiger partial charge in [0.15, 0.2) is 5.43 Å². The number of fused-ring (bicyclic) bond motifs is 1. The average Bonchev–Trinajstić information content (AvgIpc) is 2.75. The van der Waals surface area contributed by atoms with Gasteiger partial charge in [-0.1, -0.05) is 0 Å². The van der Waals surface area contributed by atoms with Crippen molar-refractivity contribution in [1.29, 1.82) is 0 Å². The van der Waals surface area contributed by atoms with E-state index in [4.69, 9.17) is 9.15 Å². The number of aromatic nitrogens is 2. The second kappa shape index (κ2) is 8.39. The first-order valence-corrected chi connectivity index (χ1v) is 9.61. The average molecular weight is 380 g/mol. The van der Waals surface area contributed by atoms with Crippen LogP contribution in [0.25, 0.3) is 11.0 Å². The molecule has 0 spiro atoms. The second-order valence-corrected chi connectivity index (χ2v) is 7.00. The summed E-state index contributed by atoms with van der Waals surface area (Å²) >= 11 is 0. The van der Waals surface area contributed by atoms with Gasteiger partial charge in [-0.2, -0.15) is 0 Å². The summed E-state index contributed by atoms with van der Waals surface area (Å²) < 4.78 is 11.2. The van der Waals surface area contributed by atoms with E-state index in [1.54, 1.807) is 24.5 Å². The smallest absolute Gasteiger partial charge is 0.225 e. The second-order valence-electron chi connectivity index (χ2n) is 7.00. The van der Waals surface area contributed by atoms with Gasteiger partial charge in [0, 0.05) is 50.7 Å². The maximum atomic E-state index is 11.9. The van der Waals surface area contributed by atoms with Gasteiger partial charge in [0.25, 0.3) is 0 Å². The Morgan fingerprint density at radius 1 is 1.14 bits per heavy atom. The van der Waals surface area contributed by atoms with Crippen molar-refractivity contribution in [3.63, 3.8) is 0 Å². The zero-order chi connectivity index (χ0) is 19.3. The molecule has 1 unspecified atom stereocenters. The summed E-state index contributed by atoms with van der Waals surface area (Å²) in [4.78, 5) is 25.3. The highest BCUT2D eigenvalue weighted by Crippen LogP contribution is 2.19. The Morgan fingerprint density at radius 2 is 1.93 bits per heavy atom. The fourth-order valence-electron chi connectivity index (χ4n) is 3.50. The highest BCUT2D eigenvalue weighted by Gasteiger charge is 2.22. The summed E-state index contributed by atoms with van der Waals surface area (Å²) in [6, 6.07) is 9.06. The predicted octanol–water partition coefficient (Wildman–Crippen LogP) is 2.56. The van der Waals surface area contributed by atoms with Crippen LogP contribution in [0.5, 0.6) is 5.75 Å². The van der Waals surface area contributed by atoms with E-state index in [-0.39, 0.29) is 5.43 Å². The van der Waals surface area contributed by atoms with Crippen molar-refractivity contribution in [3.8, 4) is 5.75 Å². The fourth-order valence-corrected chi connectivity index (χ4v) is 3.50. The molecular weight excluding hydrogens is 356 g/mol. The van der Waals surface area contributed by atoms with Crippen molar-refractivity contribution in [3.05, 3.63) is 59.2 Å². The Kier molecular flexibility index (Phi) is 5.53. The number of benzene rings is 1. The molecular formula is C21H24N4O3. The van der Waals surface area contributed by atoms with Crippen LogP contribution in [-0.4, -0.2) is 53.7 Å². The van der Waals surface area contributed by atoms with Crippen LogP contribution in [0.4, 0.5) is 5.95 Å². The first-order chi connectivity index (χ1) is 13.7. The van der Waals surface area contributed by atoms with Crippen molar-refractivity contribution in [2.24, 2.45) is 0 Å². The quantitative estimate of drug-likeness (QED) is 0.651. The number of rotatable bonds is 6. The third-order valence-electron chi connectivity index (χ3n) is 5.21. The van der Waals surface area contributed by atoms with E-state index in [9.17, 15) is 4.79 Å².